The number of hydrogen-bond donors (Lipinski definition) is 1. The van der Waals surface area contributed by atoms with Gasteiger partial charge in [-0.05, 0) is 58.2 Å². The van der Waals surface area contributed by atoms with Crippen LogP contribution in [0, 0.1) is 6.92 Å². The van der Waals surface area contributed by atoms with Crippen LogP contribution in [0.2, 0.25) is 0 Å². The average Bonchev–Trinajstić information content (AvgIpc) is 2.34. The highest BCUT2D eigenvalue weighted by Gasteiger charge is 2.07. The van der Waals surface area contributed by atoms with E-state index >= 15 is 0 Å². The van der Waals surface area contributed by atoms with Crippen molar-refractivity contribution in [2.75, 3.05) is 0 Å². The van der Waals surface area contributed by atoms with E-state index in [0.29, 0.717) is 0 Å². The summed E-state index contributed by atoms with van der Waals surface area (Å²) in [5, 5.41) is 0. The fourth-order valence-electron chi connectivity index (χ4n) is 1.92. The summed E-state index contributed by atoms with van der Waals surface area (Å²) in [4.78, 5) is -0.0579. The first-order valence-electron chi connectivity index (χ1n) is 6.58. The number of aryl methyl sites for hydroxylation is 1. The standard InChI is InChI=1S/C9H14.C7H8O3S/c1-7-4-5-8(2)9(3)6-7;1-6-3-2-4-7(5-6)11(8,9)10/h6H,4-5H2,1-3H3;2-5H,1H3,(H,8,9,10). The summed E-state index contributed by atoms with van der Waals surface area (Å²) >= 11 is 0. The van der Waals surface area contributed by atoms with Gasteiger partial charge in [-0.15, -0.1) is 0 Å². The van der Waals surface area contributed by atoms with Crippen LogP contribution in [0.1, 0.15) is 39.2 Å². The van der Waals surface area contributed by atoms with Crippen LogP contribution < -0.4 is 0 Å². The number of benzene rings is 1. The summed E-state index contributed by atoms with van der Waals surface area (Å²) in [5.41, 5.74) is 5.36. The van der Waals surface area contributed by atoms with E-state index in [1.807, 2.05) is 0 Å². The minimum Gasteiger partial charge on any atom is -0.282 e. The van der Waals surface area contributed by atoms with Crippen LogP contribution in [0.3, 0.4) is 0 Å². The van der Waals surface area contributed by atoms with Crippen molar-refractivity contribution in [3.8, 4) is 0 Å². The third-order valence-electron chi connectivity index (χ3n) is 3.32. The molecule has 1 aromatic rings. The van der Waals surface area contributed by atoms with Gasteiger partial charge in [-0.2, -0.15) is 8.42 Å². The molecule has 0 atom stereocenters. The van der Waals surface area contributed by atoms with Crippen LogP contribution >= 0.6 is 0 Å². The Bertz CT molecular complexity index is 637. The molecule has 1 aromatic carbocycles. The summed E-state index contributed by atoms with van der Waals surface area (Å²) in [6, 6.07) is 6.10. The second-order valence-corrected chi connectivity index (χ2v) is 6.67. The fraction of sp³-hybridized carbons (Fsp3) is 0.375. The van der Waals surface area contributed by atoms with Crippen molar-refractivity contribution in [2.24, 2.45) is 0 Å². The van der Waals surface area contributed by atoms with Crippen molar-refractivity contribution in [3.05, 3.63) is 52.6 Å². The van der Waals surface area contributed by atoms with E-state index in [1.54, 1.807) is 24.6 Å². The lowest BCUT2D eigenvalue weighted by atomic mass is 9.95. The highest BCUT2D eigenvalue weighted by molar-refractivity contribution is 7.85. The Hall–Kier alpha value is -1.39. The second kappa shape index (κ2) is 6.86. The van der Waals surface area contributed by atoms with E-state index in [0.717, 1.165) is 5.56 Å². The monoisotopic (exact) mass is 294 g/mol. The van der Waals surface area contributed by atoms with E-state index in [4.69, 9.17) is 4.55 Å². The second-order valence-electron chi connectivity index (χ2n) is 5.25. The predicted molar refractivity (Wildman–Crippen MR) is 82.4 cm³/mol. The van der Waals surface area contributed by atoms with E-state index < -0.39 is 10.1 Å². The zero-order valence-electron chi connectivity index (χ0n) is 12.5. The molecule has 0 radical (unpaired) electrons. The molecule has 0 amide bonds. The molecule has 1 aliphatic rings. The van der Waals surface area contributed by atoms with Crippen molar-refractivity contribution >= 4 is 10.1 Å². The Labute approximate surface area is 121 Å². The molecule has 0 saturated carbocycles. The zero-order chi connectivity index (χ0) is 15.3. The van der Waals surface area contributed by atoms with Gasteiger partial charge >= 0.3 is 0 Å². The molecule has 110 valence electrons. The minimum absolute atomic E-state index is 0.0579. The van der Waals surface area contributed by atoms with E-state index in [-0.39, 0.29) is 4.90 Å². The Morgan fingerprint density at radius 1 is 1.05 bits per heavy atom. The molecule has 0 fully saturated rings. The highest BCUT2D eigenvalue weighted by Crippen LogP contribution is 2.22. The molecule has 0 saturated heterocycles. The van der Waals surface area contributed by atoms with Crippen LogP contribution in [0.15, 0.2) is 52.0 Å². The number of allylic oxidation sites excluding steroid dienone is 4. The molecule has 4 heteroatoms. The third-order valence-corrected chi connectivity index (χ3v) is 4.17. The van der Waals surface area contributed by atoms with Crippen LogP contribution in [-0.2, 0) is 10.1 Å². The van der Waals surface area contributed by atoms with Crippen molar-refractivity contribution < 1.29 is 13.0 Å². The van der Waals surface area contributed by atoms with Crippen LogP contribution in [0.4, 0.5) is 0 Å². The first-order chi connectivity index (χ1) is 9.20. The van der Waals surface area contributed by atoms with Gasteiger partial charge in [0.2, 0.25) is 0 Å². The Balaban J connectivity index is 0.000000204. The topological polar surface area (TPSA) is 54.4 Å². The molecule has 1 aliphatic carbocycles. The van der Waals surface area contributed by atoms with E-state index in [1.165, 1.54) is 36.1 Å². The van der Waals surface area contributed by atoms with Crippen molar-refractivity contribution in [1.29, 1.82) is 0 Å². The van der Waals surface area contributed by atoms with Crippen LogP contribution in [-0.4, -0.2) is 13.0 Å². The van der Waals surface area contributed by atoms with Gasteiger partial charge in [0.25, 0.3) is 10.1 Å². The molecular weight excluding hydrogens is 272 g/mol. The maximum atomic E-state index is 10.5. The summed E-state index contributed by atoms with van der Waals surface area (Å²) in [6.07, 6.45) is 4.83. The van der Waals surface area contributed by atoms with Crippen molar-refractivity contribution in [1.82, 2.24) is 0 Å². The largest absolute Gasteiger partial charge is 0.294 e. The normalized spacial score (nSPS) is 15.3. The first kappa shape index (κ1) is 16.7. The molecule has 0 aliphatic heterocycles. The maximum absolute atomic E-state index is 10.5. The van der Waals surface area contributed by atoms with Gasteiger partial charge in [-0.25, -0.2) is 0 Å². The van der Waals surface area contributed by atoms with Gasteiger partial charge in [0.1, 0.15) is 0 Å². The summed E-state index contributed by atoms with van der Waals surface area (Å²) in [6.45, 7) is 8.38. The summed E-state index contributed by atoms with van der Waals surface area (Å²) < 4.78 is 29.7. The molecule has 0 bridgehead atoms. The maximum Gasteiger partial charge on any atom is 0.294 e. The SMILES string of the molecule is CC1=CC(C)=C(C)CC1.Cc1cccc(S(=O)(=O)O)c1. The molecule has 0 spiro atoms. The van der Waals surface area contributed by atoms with Crippen LogP contribution in [0.5, 0.6) is 0 Å². The molecule has 0 unspecified atom stereocenters. The summed E-state index contributed by atoms with van der Waals surface area (Å²) in [5.74, 6) is 0. The molecule has 0 heterocycles. The van der Waals surface area contributed by atoms with Gasteiger partial charge in [0.15, 0.2) is 0 Å². The molecule has 3 nitrogen and oxygen atoms in total. The van der Waals surface area contributed by atoms with Gasteiger partial charge in [0, 0.05) is 0 Å². The predicted octanol–water partition coefficient (Wildman–Crippen LogP) is 4.30. The molecular formula is C16H22O3S. The minimum atomic E-state index is -4.03. The first-order valence-corrected chi connectivity index (χ1v) is 8.02. The fourth-order valence-corrected chi connectivity index (χ4v) is 2.51. The molecule has 20 heavy (non-hydrogen) atoms. The van der Waals surface area contributed by atoms with E-state index in [2.05, 4.69) is 26.8 Å². The molecule has 1 N–H and O–H groups in total. The smallest absolute Gasteiger partial charge is 0.282 e. The Kier molecular flexibility index (Phi) is 5.72. The van der Waals surface area contributed by atoms with Crippen molar-refractivity contribution in [2.45, 2.75) is 45.4 Å². The number of rotatable bonds is 1. The quantitative estimate of drug-likeness (QED) is 0.785. The highest BCUT2D eigenvalue weighted by atomic mass is 32.2. The van der Waals surface area contributed by atoms with Crippen LogP contribution in [0.25, 0.3) is 0 Å². The summed E-state index contributed by atoms with van der Waals surface area (Å²) in [7, 11) is -4.03. The van der Waals surface area contributed by atoms with Crippen molar-refractivity contribution in [3.63, 3.8) is 0 Å². The van der Waals surface area contributed by atoms with Gasteiger partial charge in [-0.3, -0.25) is 4.55 Å². The zero-order valence-corrected chi connectivity index (χ0v) is 13.3. The number of hydrogen-bond acceptors (Lipinski definition) is 2. The van der Waals surface area contributed by atoms with Gasteiger partial charge in [-0.1, -0.05) is 34.9 Å². The van der Waals surface area contributed by atoms with Gasteiger partial charge in [0.05, 0.1) is 4.90 Å². The Morgan fingerprint density at radius 2 is 1.70 bits per heavy atom. The molecule has 2 rings (SSSR count). The van der Waals surface area contributed by atoms with Gasteiger partial charge < -0.3 is 0 Å². The third kappa shape index (κ3) is 5.31. The lowest BCUT2D eigenvalue weighted by Crippen LogP contribution is -1.97. The van der Waals surface area contributed by atoms with E-state index in [9.17, 15) is 8.42 Å². The Morgan fingerprint density at radius 3 is 2.10 bits per heavy atom. The lowest BCUT2D eigenvalue weighted by Gasteiger charge is -2.11. The average molecular weight is 294 g/mol. The lowest BCUT2D eigenvalue weighted by molar-refractivity contribution is 0.483. The molecule has 0 aromatic heterocycles.